The van der Waals surface area contributed by atoms with Crippen molar-refractivity contribution in [1.82, 2.24) is 10.1 Å². The van der Waals surface area contributed by atoms with Crippen LogP contribution >= 0.6 is 11.8 Å². The van der Waals surface area contributed by atoms with E-state index in [9.17, 15) is 8.42 Å². The molecular weight excluding hydrogens is 248 g/mol. The predicted octanol–water partition coefficient (Wildman–Crippen LogP) is 1.42. The Morgan fingerprint density at radius 3 is 2.88 bits per heavy atom. The summed E-state index contributed by atoms with van der Waals surface area (Å²) in [5.41, 5.74) is 0. The van der Waals surface area contributed by atoms with Gasteiger partial charge in [-0.15, -0.1) is 11.8 Å². The van der Waals surface area contributed by atoms with Crippen LogP contribution in [0.3, 0.4) is 0 Å². The second kappa shape index (κ2) is 6.05. The van der Waals surface area contributed by atoms with E-state index in [1.165, 1.54) is 0 Å². The second-order valence-corrected chi connectivity index (χ2v) is 6.43. The van der Waals surface area contributed by atoms with Crippen molar-refractivity contribution in [1.29, 1.82) is 0 Å². The van der Waals surface area contributed by atoms with Gasteiger partial charge in [0, 0.05) is 12.0 Å². The van der Waals surface area contributed by atoms with Gasteiger partial charge in [0.2, 0.25) is 5.89 Å². The summed E-state index contributed by atoms with van der Waals surface area (Å²) in [5, 5.41) is 3.60. The number of hydrogen-bond donors (Lipinski definition) is 0. The molecule has 90 valence electrons. The normalized spacial score (nSPS) is 12.4. The summed E-state index contributed by atoms with van der Waals surface area (Å²) in [7, 11) is -3.10. The summed E-state index contributed by atoms with van der Waals surface area (Å²) < 4.78 is 26.9. The highest BCUT2D eigenvalue weighted by atomic mass is 32.2. The fraction of sp³-hybridized carbons (Fsp3) is 0.556. The van der Waals surface area contributed by atoms with Gasteiger partial charge in [-0.1, -0.05) is 17.3 Å². The van der Waals surface area contributed by atoms with E-state index in [1.807, 2.05) is 19.1 Å². The summed E-state index contributed by atoms with van der Waals surface area (Å²) in [6, 6.07) is 0. The fourth-order valence-corrected chi connectivity index (χ4v) is 2.28. The zero-order valence-electron chi connectivity index (χ0n) is 9.21. The number of sulfone groups is 1. The first-order valence-corrected chi connectivity index (χ1v) is 7.91. The SMILES string of the molecule is C/C=C/CSCc1nc(CS(C)(=O)=O)no1. The molecule has 16 heavy (non-hydrogen) atoms. The van der Waals surface area contributed by atoms with Crippen LogP contribution in [-0.4, -0.2) is 30.6 Å². The van der Waals surface area contributed by atoms with Crippen molar-refractivity contribution in [2.75, 3.05) is 12.0 Å². The molecule has 0 spiro atoms. The highest BCUT2D eigenvalue weighted by molar-refractivity contribution is 7.98. The number of aromatic nitrogens is 2. The lowest BCUT2D eigenvalue weighted by Gasteiger charge is -1.90. The van der Waals surface area contributed by atoms with Gasteiger partial charge in [0.1, 0.15) is 5.75 Å². The van der Waals surface area contributed by atoms with Crippen molar-refractivity contribution < 1.29 is 12.9 Å². The highest BCUT2D eigenvalue weighted by Crippen LogP contribution is 2.11. The van der Waals surface area contributed by atoms with Gasteiger partial charge in [-0.3, -0.25) is 0 Å². The summed E-state index contributed by atoms with van der Waals surface area (Å²) in [6.07, 6.45) is 5.14. The van der Waals surface area contributed by atoms with Crippen molar-refractivity contribution >= 4 is 21.6 Å². The quantitative estimate of drug-likeness (QED) is 0.570. The molecule has 0 fully saturated rings. The average molecular weight is 262 g/mol. The molecule has 1 rings (SSSR count). The maximum atomic E-state index is 11.0. The molecule has 0 unspecified atom stereocenters. The lowest BCUT2D eigenvalue weighted by Crippen LogP contribution is -2.02. The first kappa shape index (κ1) is 13.2. The lowest BCUT2D eigenvalue weighted by molar-refractivity contribution is 0.386. The standard InChI is InChI=1S/C9H14N2O3S2/c1-3-4-5-15-6-9-10-8(11-14-9)7-16(2,12)13/h3-4H,5-7H2,1-2H3/b4-3+. The van der Waals surface area contributed by atoms with Crippen LogP contribution in [-0.2, 0) is 21.3 Å². The molecule has 1 aromatic heterocycles. The third kappa shape index (κ3) is 5.32. The molecule has 1 heterocycles. The Bertz CT molecular complexity index is 451. The van der Waals surface area contributed by atoms with Crippen LogP contribution in [0.5, 0.6) is 0 Å². The number of thioether (sulfide) groups is 1. The molecule has 0 aromatic carbocycles. The minimum atomic E-state index is -3.10. The zero-order chi connectivity index (χ0) is 12.0. The van der Waals surface area contributed by atoms with Crippen LogP contribution in [0.1, 0.15) is 18.6 Å². The van der Waals surface area contributed by atoms with Crippen LogP contribution in [0, 0.1) is 0 Å². The Morgan fingerprint density at radius 1 is 1.50 bits per heavy atom. The molecule has 0 aliphatic rings. The van der Waals surface area contributed by atoms with Crippen LogP contribution in [0.2, 0.25) is 0 Å². The van der Waals surface area contributed by atoms with E-state index in [4.69, 9.17) is 4.52 Å². The Morgan fingerprint density at radius 2 is 2.25 bits per heavy atom. The summed E-state index contributed by atoms with van der Waals surface area (Å²) in [6.45, 7) is 1.96. The number of rotatable bonds is 6. The zero-order valence-corrected chi connectivity index (χ0v) is 10.8. The molecule has 0 atom stereocenters. The maximum Gasteiger partial charge on any atom is 0.236 e. The van der Waals surface area contributed by atoms with E-state index >= 15 is 0 Å². The topological polar surface area (TPSA) is 73.1 Å². The second-order valence-electron chi connectivity index (χ2n) is 3.26. The Balaban J connectivity index is 2.45. The van der Waals surface area contributed by atoms with Crippen LogP contribution in [0.15, 0.2) is 16.7 Å². The Kier molecular flexibility index (Phi) is 5.01. The van der Waals surface area contributed by atoms with Gasteiger partial charge < -0.3 is 4.52 Å². The van der Waals surface area contributed by atoms with Crippen molar-refractivity contribution in [2.45, 2.75) is 18.4 Å². The average Bonchev–Trinajstić information content (AvgIpc) is 2.58. The fourth-order valence-electron chi connectivity index (χ4n) is 0.952. The molecular formula is C9H14N2O3S2. The molecule has 0 amide bonds. The van der Waals surface area contributed by atoms with E-state index in [2.05, 4.69) is 10.1 Å². The molecule has 0 aliphatic carbocycles. The van der Waals surface area contributed by atoms with Gasteiger partial charge in [0.05, 0.1) is 5.75 Å². The van der Waals surface area contributed by atoms with Gasteiger partial charge in [-0.05, 0) is 6.92 Å². The van der Waals surface area contributed by atoms with Crippen molar-refractivity contribution in [3.05, 3.63) is 23.9 Å². The molecule has 5 nitrogen and oxygen atoms in total. The van der Waals surface area contributed by atoms with Crippen molar-refractivity contribution in [3.8, 4) is 0 Å². The van der Waals surface area contributed by atoms with Gasteiger partial charge >= 0.3 is 0 Å². The van der Waals surface area contributed by atoms with E-state index < -0.39 is 9.84 Å². The minimum absolute atomic E-state index is 0.171. The first-order chi connectivity index (χ1) is 7.51. The van der Waals surface area contributed by atoms with E-state index in [0.29, 0.717) is 11.6 Å². The summed E-state index contributed by atoms with van der Waals surface area (Å²) >= 11 is 1.63. The maximum absolute atomic E-state index is 11.0. The van der Waals surface area contributed by atoms with Crippen LogP contribution < -0.4 is 0 Å². The number of hydrogen-bond acceptors (Lipinski definition) is 6. The van der Waals surface area contributed by atoms with Crippen molar-refractivity contribution in [3.63, 3.8) is 0 Å². The largest absolute Gasteiger partial charge is 0.338 e. The third-order valence-corrected chi connectivity index (χ3v) is 3.24. The lowest BCUT2D eigenvalue weighted by atomic mass is 10.6. The molecule has 1 aromatic rings. The van der Waals surface area contributed by atoms with Crippen molar-refractivity contribution in [2.24, 2.45) is 0 Å². The third-order valence-electron chi connectivity index (χ3n) is 1.58. The molecule has 0 radical (unpaired) electrons. The minimum Gasteiger partial charge on any atom is -0.338 e. The van der Waals surface area contributed by atoms with Gasteiger partial charge in [0.25, 0.3) is 0 Å². The van der Waals surface area contributed by atoms with Gasteiger partial charge in [-0.25, -0.2) is 8.42 Å². The Labute approximate surface area is 99.2 Å². The first-order valence-electron chi connectivity index (χ1n) is 4.69. The summed E-state index contributed by atoms with van der Waals surface area (Å²) in [4.78, 5) is 3.99. The number of allylic oxidation sites excluding steroid dienone is 1. The highest BCUT2D eigenvalue weighted by Gasteiger charge is 2.11. The van der Waals surface area contributed by atoms with Crippen LogP contribution in [0.25, 0.3) is 0 Å². The van der Waals surface area contributed by atoms with E-state index in [1.54, 1.807) is 11.8 Å². The molecule has 0 bridgehead atoms. The smallest absolute Gasteiger partial charge is 0.236 e. The van der Waals surface area contributed by atoms with E-state index in [0.717, 1.165) is 12.0 Å². The molecule has 7 heteroatoms. The van der Waals surface area contributed by atoms with E-state index in [-0.39, 0.29) is 11.6 Å². The predicted molar refractivity (Wildman–Crippen MR) is 63.8 cm³/mol. The van der Waals surface area contributed by atoms with Gasteiger partial charge in [0.15, 0.2) is 15.7 Å². The monoisotopic (exact) mass is 262 g/mol. The molecule has 0 N–H and O–H groups in total. The van der Waals surface area contributed by atoms with Crippen LogP contribution in [0.4, 0.5) is 0 Å². The molecule has 0 saturated heterocycles. The number of nitrogens with zero attached hydrogens (tertiary/aromatic N) is 2. The Hall–Kier alpha value is -0.820. The molecule has 0 aliphatic heterocycles. The van der Waals surface area contributed by atoms with Gasteiger partial charge in [-0.2, -0.15) is 4.98 Å². The summed E-state index contributed by atoms with van der Waals surface area (Å²) in [5.74, 6) is 1.99. The molecule has 0 saturated carbocycles.